The van der Waals surface area contributed by atoms with Crippen LogP contribution >= 0.6 is 0 Å². The predicted molar refractivity (Wildman–Crippen MR) is 178 cm³/mol. The summed E-state index contributed by atoms with van der Waals surface area (Å²) in [4.78, 5) is 0. The van der Waals surface area contributed by atoms with Gasteiger partial charge in [-0.1, -0.05) is 84.9 Å². The Morgan fingerprint density at radius 2 is 0.860 bits per heavy atom. The van der Waals surface area contributed by atoms with E-state index >= 15 is 0 Å². The van der Waals surface area contributed by atoms with Crippen molar-refractivity contribution in [2.45, 2.75) is 0 Å². The molecule has 0 atom stereocenters. The summed E-state index contributed by atoms with van der Waals surface area (Å²) >= 11 is 0. The number of nitrogens with zero attached hydrogens (tertiary/aromatic N) is 1. The Kier molecular flexibility index (Phi) is 5.00. The lowest BCUT2D eigenvalue weighted by Crippen LogP contribution is -1.88. The van der Waals surface area contributed by atoms with Crippen LogP contribution in [-0.2, 0) is 0 Å². The normalized spacial score (nSPS) is 11.7. The number of nitriles is 1. The van der Waals surface area contributed by atoms with E-state index in [1.54, 1.807) is 6.07 Å². The van der Waals surface area contributed by atoms with E-state index in [9.17, 15) is 5.26 Å². The number of fused-ring (bicyclic) bond motifs is 3. The number of hydrogen-bond donors (Lipinski definition) is 0. The highest BCUT2D eigenvalue weighted by Gasteiger charge is 2.13. The SMILES string of the molecule is N#Cc1ccc2oc3ccc(-c4ccc(-c5cc6ccc7cc(-c8ccccc8)cc8ccc(c5)c6c78)cc4)cc3c2c1. The number of hydrogen-bond acceptors (Lipinski definition) is 2. The quantitative estimate of drug-likeness (QED) is 0.207. The van der Waals surface area contributed by atoms with Crippen LogP contribution in [0.2, 0.25) is 0 Å². The summed E-state index contributed by atoms with van der Waals surface area (Å²) in [5, 5.41) is 19.1. The van der Waals surface area contributed by atoms with Crippen molar-refractivity contribution in [3.05, 3.63) is 145 Å². The van der Waals surface area contributed by atoms with Crippen molar-refractivity contribution >= 4 is 54.3 Å². The Balaban J connectivity index is 1.11. The van der Waals surface area contributed by atoms with Gasteiger partial charge in [-0.25, -0.2) is 0 Å². The molecule has 0 amide bonds. The summed E-state index contributed by atoms with van der Waals surface area (Å²) in [5.41, 5.74) is 9.41. The highest BCUT2D eigenvalue weighted by Crippen LogP contribution is 2.40. The monoisotopic (exact) mass is 545 g/mol. The maximum absolute atomic E-state index is 9.36. The standard InChI is InChI=1S/C41H23NO/c42-24-25-6-16-38-36(18-25)37-23-29(15-17-39(37)43-38)27-7-9-28(10-8-27)35-21-32-13-11-30-19-34(26-4-2-1-3-5-26)20-31-12-14-33(22-35)41(32)40(30)31/h1-23H. The average molecular weight is 546 g/mol. The fourth-order valence-electron chi connectivity index (χ4n) is 6.68. The van der Waals surface area contributed by atoms with Crippen molar-refractivity contribution < 1.29 is 4.42 Å². The Morgan fingerprint density at radius 1 is 0.395 bits per heavy atom. The molecule has 0 aliphatic rings. The molecule has 0 saturated carbocycles. The van der Waals surface area contributed by atoms with Gasteiger partial charge in [0.2, 0.25) is 0 Å². The first-order valence-electron chi connectivity index (χ1n) is 14.5. The van der Waals surface area contributed by atoms with Gasteiger partial charge in [-0.05, 0) is 120 Å². The highest BCUT2D eigenvalue weighted by molar-refractivity contribution is 6.24. The molecular weight excluding hydrogens is 522 g/mol. The first-order valence-corrected chi connectivity index (χ1v) is 14.5. The van der Waals surface area contributed by atoms with Crippen LogP contribution in [0.3, 0.4) is 0 Å². The topological polar surface area (TPSA) is 36.9 Å². The molecule has 0 spiro atoms. The first-order chi connectivity index (χ1) is 21.2. The summed E-state index contributed by atoms with van der Waals surface area (Å²) < 4.78 is 6.02. The first kappa shape index (κ1) is 23.8. The van der Waals surface area contributed by atoms with Gasteiger partial charge in [0.05, 0.1) is 11.6 Å². The Bertz CT molecular complexity index is 2480. The maximum Gasteiger partial charge on any atom is 0.135 e. The second-order valence-electron chi connectivity index (χ2n) is 11.3. The van der Waals surface area contributed by atoms with Crippen LogP contribution in [0.1, 0.15) is 5.56 Å². The van der Waals surface area contributed by atoms with Crippen LogP contribution in [-0.4, -0.2) is 0 Å². The van der Waals surface area contributed by atoms with Gasteiger partial charge in [-0.3, -0.25) is 0 Å². The third kappa shape index (κ3) is 3.73. The van der Waals surface area contributed by atoms with Crippen molar-refractivity contribution in [2.24, 2.45) is 0 Å². The van der Waals surface area contributed by atoms with Crippen molar-refractivity contribution in [3.63, 3.8) is 0 Å². The van der Waals surface area contributed by atoms with Crippen LogP contribution in [0.25, 0.3) is 87.6 Å². The van der Waals surface area contributed by atoms with Crippen LogP contribution in [0.5, 0.6) is 0 Å². The molecular formula is C41H23NO. The van der Waals surface area contributed by atoms with E-state index in [1.165, 1.54) is 54.6 Å². The summed E-state index contributed by atoms with van der Waals surface area (Å²) in [5.74, 6) is 0. The lowest BCUT2D eigenvalue weighted by Gasteiger charge is -2.14. The minimum Gasteiger partial charge on any atom is -0.456 e. The molecule has 8 aromatic carbocycles. The molecule has 0 fully saturated rings. The van der Waals surface area contributed by atoms with Crippen LogP contribution < -0.4 is 0 Å². The molecule has 198 valence electrons. The van der Waals surface area contributed by atoms with E-state index in [0.717, 1.165) is 33.1 Å². The largest absolute Gasteiger partial charge is 0.456 e. The number of furan rings is 1. The van der Waals surface area contributed by atoms with Crippen molar-refractivity contribution in [3.8, 4) is 39.4 Å². The van der Waals surface area contributed by atoms with Crippen LogP contribution in [0.4, 0.5) is 0 Å². The third-order valence-electron chi connectivity index (χ3n) is 8.79. The van der Waals surface area contributed by atoms with E-state index in [1.807, 2.05) is 18.2 Å². The molecule has 2 nitrogen and oxygen atoms in total. The van der Waals surface area contributed by atoms with Gasteiger partial charge in [-0.2, -0.15) is 5.26 Å². The molecule has 0 bridgehead atoms. The molecule has 9 rings (SSSR count). The van der Waals surface area contributed by atoms with Crippen LogP contribution in [0, 0.1) is 11.3 Å². The predicted octanol–water partition coefficient (Wildman–Crippen LogP) is 11.4. The maximum atomic E-state index is 9.36. The summed E-state index contributed by atoms with van der Waals surface area (Å²) in [6, 6.07) is 51.8. The van der Waals surface area contributed by atoms with Crippen LogP contribution in [0.15, 0.2) is 144 Å². The van der Waals surface area contributed by atoms with Crippen molar-refractivity contribution in [2.75, 3.05) is 0 Å². The highest BCUT2D eigenvalue weighted by atomic mass is 16.3. The van der Waals surface area contributed by atoms with Gasteiger partial charge in [0.15, 0.2) is 0 Å². The average Bonchev–Trinajstić information content (AvgIpc) is 3.44. The van der Waals surface area contributed by atoms with Gasteiger partial charge in [-0.15, -0.1) is 0 Å². The second-order valence-corrected chi connectivity index (χ2v) is 11.3. The fraction of sp³-hybridized carbons (Fsp3) is 0. The molecule has 0 radical (unpaired) electrons. The van der Waals surface area contributed by atoms with E-state index in [4.69, 9.17) is 4.42 Å². The molecule has 0 saturated heterocycles. The minimum absolute atomic E-state index is 0.635. The van der Waals surface area contributed by atoms with E-state index in [2.05, 4.69) is 121 Å². The summed E-state index contributed by atoms with van der Waals surface area (Å²) in [6.07, 6.45) is 0. The molecule has 0 aliphatic carbocycles. The van der Waals surface area contributed by atoms with E-state index in [-0.39, 0.29) is 0 Å². The Hall–Kier alpha value is -5.91. The lowest BCUT2D eigenvalue weighted by molar-refractivity contribution is 0.669. The zero-order valence-electron chi connectivity index (χ0n) is 23.1. The van der Waals surface area contributed by atoms with E-state index < -0.39 is 0 Å². The van der Waals surface area contributed by atoms with Gasteiger partial charge in [0, 0.05) is 10.8 Å². The smallest absolute Gasteiger partial charge is 0.135 e. The molecule has 2 heteroatoms. The molecule has 1 heterocycles. The van der Waals surface area contributed by atoms with Gasteiger partial charge >= 0.3 is 0 Å². The molecule has 9 aromatic rings. The zero-order chi connectivity index (χ0) is 28.5. The van der Waals surface area contributed by atoms with Crippen molar-refractivity contribution in [1.82, 2.24) is 0 Å². The number of benzene rings is 8. The van der Waals surface area contributed by atoms with Gasteiger partial charge < -0.3 is 4.42 Å². The number of rotatable bonds is 3. The fourth-order valence-corrected chi connectivity index (χ4v) is 6.68. The molecule has 1 aromatic heterocycles. The van der Waals surface area contributed by atoms with Gasteiger partial charge in [0.25, 0.3) is 0 Å². The van der Waals surface area contributed by atoms with E-state index in [0.29, 0.717) is 5.56 Å². The second kappa shape index (κ2) is 9.05. The zero-order valence-corrected chi connectivity index (χ0v) is 23.1. The molecule has 0 aliphatic heterocycles. The molecule has 43 heavy (non-hydrogen) atoms. The van der Waals surface area contributed by atoms with Crippen molar-refractivity contribution in [1.29, 1.82) is 5.26 Å². The summed E-state index contributed by atoms with van der Waals surface area (Å²) in [7, 11) is 0. The lowest BCUT2D eigenvalue weighted by atomic mass is 9.89. The third-order valence-corrected chi connectivity index (χ3v) is 8.79. The Labute approximate surface area is 248 Å². The van der Waals surface area contributed by atoms with Gasteiger partial charge in [0.1, 0.15) is 11.2 Å². The Morgan fingerprint density at radius 3 is 1.42 bits per heavy atom. The molecule has 0 unspecified atom stereocenters. The summed E-state index contributed by atoms with van der Waals surface area (Å²) in [6.45, 7) is 0. The minimum atomic E-state index is 0.635. The molecule has 0 N–H and O–H groups in total.